The van der Waals surface area contributed by atoms with E-state index in [0.29, 0.717) is 37.7 Å². The van der Waals surface area contributed by atoms with Gasteiger partial charge in [0.05, 0.1) is 12.3 Å². The van der Waals surface area contributed by atoms with E-state index < -0.39 is 0 Å². The zero-order chi connectivity index (χ0) is 20.1. The van der Waals surface area contributed by atoms with Gasteiger partial charge in [0.1, 0.15) is 18.2 Å². The van der Waals surface area contributed by atoms with Gasteiger partial charge in [-0.3, -0.25) is 9.59 Å². The maximum Gasteiger partial charge on any atom is 0.142 e. The van der Waals surface area contributed by atoms with Crippen LogP contribution in [0.5, 0.6) is 0 Å². The largest absolute Gasteiger partial charge is 0.396 e. The number of ketones is 2. The van der Waals surface area contributed by atoms with Gasteiger partial charge in [0, 0.05) is 30.2 Å². The minimum atomic E-state index is -0.357. The average molecular weight is 427 g/mol. The van der Waals surface area contributed by atoms with Gasteiger partial charge >= 0.3 is 0 Å². The summed E-state index contributed by atoms with van der Waals surface area (Å²) < 4.78 is 0. The fraction of sp³-hybridized carbons (Fsp3) is 0.864. The Morgan fingerprint density at radius 3 is 2.59 bits per heavy atom. The minimum absolute atomic E-state index is 0. The van der Waals surface area contributed by atoms with Crippen molar-refractivity contribution in [1.82, 2.24) is 0 Å². The highest BCUT2D eigenvalue weighted by Gasteiger charge is 2.64. The summed E-state index contributed by atoms with van der Waals surface area (Å²) >= 11 is 0. The Balaban J connectivity index is 0.00000240. The lowest BCUT2D eigenvalue weighted by Gasteiger charge is -2.60. The van der Waals surface area contributed by atoms with Gasteiger partial charge < -0.3 is 15.7 Å². The van der Waals surface area contributed by atoms with E-state index in [2.05, 4.69) is 19.0 Å². The van der Waals surface area contributed by atoms with E-state index in [1.165, 1.54) is 0 Å². The van der Waals surface area contributed by atoms with Crippen molar-refractivity contribution in [2.24, 2.45) is 51.3 Å². The van der Waals surface area contributed by atoms with Crippen molar-refractivity contribution >= 4 is 29.7 Å². The number of halogens is 1. The first-order valence-electron chi connectivity index (χ1n) is 10.9. The minimum Gasteiger partial charge on any atom is -0.396 e. The number of aliphatic hydroxyl groups excluding tert-OH is 1. The molecule has 7 heteroatoms. The molecule has 0 aliphatic heterocycles. The van der Waals surface area contributed by atoms with Crippen molar-refractivity contribution in [3.8, 4) is 0 Å². The zero-order valence-electron chi connectivity index (χ0n) is 17.6. The van der Waals surface area contributed by atoms with E-state index in [9.17, 15) is 14.7 Å². The Morgan fingerprint density at radius 1 is 1.14 bits per heavy atom. The smallest absolute Gasteiger partial charge is 0.142 e. The van der Waals surface area contributed by atoms with E-state index in [4.69, 9.17) is 10.6 Å². The third-order valence-electron chi connectivity index (χ3n) is 8.86. The predicted molar refractivity (Wildman–Crippen MR) is 113 cm³/mol. The van der Waals surface area contributed by atoms with Gasteiger partial charge in [-0.2, -0.15) is 0 Å². The Kier molecular flexibility index (Phi) is 6.48. The first kappa shape index (κ1) is 22.7. The SMILES string of the molecule is C[C@]12CC/C(=N/OCCN)CC1[C@@H](CO)C(=O)[C@@H]1[C@@H]2CC[C@]2(C)C(=O)CC[C@@H]12.Cl. The molecule has 0 heterocycles. The molecule has 0 saturated heterocycles. The van der Waals surface area contributed by atoms with E-state index in [1.807, 2.05) is 0 Å². The van der Waals surface area contributed by atoms with Crippen LogP contribution in [0.25, 0.3) is 0 Å². The third kappa shape index (κ3) is 3.35. The normalized spacial score (nSPS) is 45.2. The molecule has 0 bridgehead atoms. The number of Topliss-reactive ketones (excluding diaryl/α,β-unsaturated/α-hetero) is 2. The van der Waals surface area contributed by atoms with E-state index in [-0.39, 0.29) is 59.3 Å². The molecule has 4 saturated carbocycles. The molecule has 1 unspecified atom stereocenters. The van der Waals surface area contributed by atoms with Gasteiger partial charge in [-0.25, -0.2) is 0 Å². The zero-order valence-corrected chi connectivity index (χ0v) is 18.4. The van der Waals surface area contributed by atoms with Crippen molar-refractivity contribution in [3.63, 3.8) is 0 Å². The summed E-state index contributed by atoms with van der Waals surface area (Å²) in [5.74, 6) is 0.669. The molecule has 4 rings (SSSR count). The number of nitrogens with two attached hydrogens (primary N) is 1. The van der Waals surface area contributed by atoms with Gasteiger partial charge in [0.15, 0.2) is 0 Å². The van der Waals surface area contributed by atoms with Crippen molar-refractivity contribution < 1.29 is 19.5 Å². The number of oxime groups is 1. The lowest BCUT2D eigenvalue weighted by atomic mass is 9.43. The topological polar surface area (TPSA) is 102 Å². The van der Waals surface area contributed by atoms with E-state index in [1.54, 1.807) is 0 Å². The quantitative estimate of drug-likeness (QED) is 0.531. The summed E-state index contributed by atoms with van der Waals surface area (Å²) in [4.78, 5) is 31.5. The molecule has 6 nitrogen and oxygen atoms in total. The fourth-order valence-corrected chi connectivity index (χ4v) is 7.24. The van der Waals surface area contributed by atoms with Gasteiger partial charge in [-0.1, -0.05) is 19.0 Å². The Labute approximate surface area is 179 Å². The number of hydrogen-bond donors (Lipinski definition) is 2. The van der Waals surface area contributed by atoms with Gasteiger partial charge in [-0.15, -0.1) is 12.4 Å². The standard InChI is InChI=1S/C22H34N2O4.ClH/c1-21-7-5-13(24-28-10-9-23)11-17(21)14(12-25)20(27)19-15-3-4-18(26)22(15,2)8-6-16(19)21;/h14-17,19,25H,3-12,23H2,1-2H3;1H/b24-13-;/t14-,15+,16+,17?,19+,21-,22+;/m1./s1. The predicted octanol–water partition coefficient (Wildman–Crippen LogP) is 2.75. The Morgan fingerprint density at radius 2 is 1.90 bits per heavy atom. The molecule has 29 heavy (non-hydrogen) atoms. The van der Waals surface area contributed by atoms with Crippen molar-refractivity contribution in [1.29, 1.82) is 0 Å². The molecule has 7 atom stereocenters. The molecule has 0 radical (unpaired) electrons. The molecule has 4 aliphatic carbocycles. The van der Waals surface area contributed by atoms with E-state index >= 15 is 0 Å². The van der Waals surface area contributed by atoms with Crippen LogP contribution in [0.3, 0.4) is 0 Å². The summed E-state index contributed by atoms with van der Waals surface area (Å²) in [6, 6.07) is 0. The molecule has 0 amide bonds. The molecule has 164 valence electrons. The number of hydrogen-bond acceptors (Lipinski definition) is 6. The fourth-order valence-electron chi connectivity index (χ4n) is 7.24. The van der Waals surface area contributed by atoms with Crippen LogP contribution in [0.1, 0.15) is 58.8 Å². The second kappa shape index (κ2) is 8.27. The van der Waals surface area contributed by atoms with Gasteiger partial charge in [-0.05, 0) is 61.7 Å². The molecule has 0 aromatic carbocycles. The van der Waals surface area contributed by atoms with Crippen LogP contribution in [-0.2, 0) is 14.4 Å². The molecule has 3 N–H and O–H groups in total. The summed E-state index contributed by atoms with van der Waals surface area (Å²) in [5, 5.41) is 14.5. The van der Waals surface area contributed by atoms with Crippen LogP contribution < -0.4 is 5.73 Å². The molecular weight excluding hydrogens is 392 g/mol. The highest BCUT2D eigenvalue weighted by atomic mass is 35.5. The third-order valence-corrected chi connectivity index (χ3v) is 8.86. The van der Waals surface area contributed by atoms with Gasteiger partial charge in [0.2, 0.25) is 0 Å². The number of carbonyl (C=O) groups excluding carboxylic acids is 2. The van der Waals surface area contributed by atoms with E-state index in [0.717, 1.165) is 37.8 Å². The Bertz CT molecular complexity index is 698. The lowest BCUT2D eigenvalue weighted by Crippen LogP contribution is -2.61. The first-order chi connectivity index (χ1) is 13.4. The summed E-state index contributed by atoms with van der Waals surface area (Å²) in [6.07, 6.45) is 5.83. The number of aliphatic hydroxyl groups is 1. The van der Waals surface area contributed by atoms with Crippen LogP contribution in [0.15, 0.2) is 5.16 Å². The van der Waals surface area contributed by atoms with Crippen molar-refractivity contribution in [3.05, 3.63) is 0 Å². The van der Waals surface area contributed by atoms with Crippen molar-refractivity contribution in [2.45, 2.75) is 58.8 Å². The van der Waals surface area contributed by atoms with Crippen LogP contribution in [0, 0.1) is 40.4 Å². The number of nitrogens with zero attached hydrogens (tertiary/aromatic N) is 1. The second-order valence-corrected chi connectivity index (χ2v) is 9.94. The highest BCUT2D eigenvalue weighted by Crippen LogP contribution is 2.65. The molecule has 0 spiro atoms. The molecule has 4 fully saturated rings. The molecule has 0 aromatic rings. The maximum absolute atomic E-state index is 13.6. The lowest BCUT2D eigenvalue weighted by molar-refractivity contribution is -0.166. The monoisotopic (exact) mass is 426 g/mol. The highest BCUT2D eigenvalue weighted by molar-refractivity contribution is 5.93. The van der Waals surface area contributed by atoms with Crippen LogP contribution in [0.2, 0.25) is 0 Å². The van der Waals surface area contributed by atoms with Gasteiger partial charge in [0.25, 0.3) is 0 Å². The second-order valence-electron chi connectivity index (χ2n) is 9.94. The van der Waals surface area contributed by atoms with Crippen molar-refractivity contribution in [2.75, 3.05) is 19.8 Å². The average Bonchev–Trinajstić information content (AvgIpc) is 2.98. The maximum atomic E-state index is 13.6. The van der Waals surface area contributed by atoms with Crippen LogP contribution in [0.4, 0.5) is 0 Å². The number of fused-ring (bicyclic) bond motifs is 5. The first-order valence-corrected chi connectivity index (χ1v) is 10.9. The van der Waals surface area contributed by atoms with Crippen LogP contribution >= 0.6 is 12.4 Å². The van der Waals surface area contributed by atoms with Crippen LogP contribution in [-0.4, -0.2) is 42.1 Å². The Hall–Kier alpha value is -0.980. The molecular formula is C22H35ClN2O4. The number of carbonyl (C=O) groups is 2. The summed E-state index contributed by atoms with van der Waals surface area (Å²) in [6.45, 7) is 5.11. The molecule has 4 aliphatic rings. The summed E-state index contributed by atoms with van der Waals surface area (Å²) in [5.41, 5.74) is 6.13. The summed E-state index contributed by atoms with van der Waals surface area (Å²) in [7, 11) is 0. The molecule has 0 aromatic heterocycles. The number of rotatable bonds is 4.